The predicted molar refractivity (Wildman–Crippen MR) is 63.1 cm³/mol. The predicted octanol–water partition coefficient (Wildman–Crippen LogP) is 3.14. The fourth-order valence-electron chi connectivity index (χ4n) is 1.25. The monoisotopic (exact) mass is 196 g/mol. The van der Waals surface area contributed by atoms with Crippen LogP contribution in [0.1, 0.15) is 11.3 Å². The first-order valence-electron chi connectivity index (χ1n) is 4.84. The molecule has 2 nitrogen and oxygen atoms in total. The first kappa shape index (κ1) is 9.46. The van der Waals surface area contributed by atoms with Gasteiger partial charge in [-0.05, 0) is 17.7 Å². The average Bonchev–Trinajstić information content (AvgIpc) is 2.79. The molecular formula is C13H12N2. The van der Waals surface area contributed by atoms with Crippen LogP contribution in [0.3, 0.4) is 0 Å². The molecule has 0 fully saturated rings. The van der Waals surface area contributed by atoms with Gasteiger partial charge in [0.2, 0.25) is 0 Å². The zero-order chi connectivity index (χ0) is 10.3. The van der Waals surface area contributed by atoms with Crippen molar-refractivity contribution in [2.75, 3.05) is 0 Å². The molecule has 2 heteroatoms. The number of hydrogen-bond acceptors (Lipinski definition) is 1. The fourth-order valence-corrected chi connectivity index (χ4v) is 1.25. The molecule has 0 radical (unpaired) electrons. The summed E-state index contributed by atoms with van der Waals surface area (Å²) >= 11 is 0. The van der Waals surface area contributed by atoms with E-state index in [0.717, 1.165) is 5.69 Å². The summed E-state index contributed by atoms with van der Waals surface area (Å²) in [6.07, 6.45) is 9.77. The van der Waals surface area contributed by atoms with Crippen molar-refractivity contribution < 1.29 is 0 Å². The normalized spacial score (nSPS) is 11.5. The van der Waals surface area contributed by atoms with E-state index in [9.17, 15) is 0 Å². The van der Waals surface area contributed by atoms with Gasteiger partial charge in [-0.25, -0.2) is 0 Å². The number of allylic oxidation sites excluding steroid dienone is 2. The standard InChI is InChI=1S/C13H12N2/c1-2-6-12(7-3-1)8-4-5-9-13-10-11-14-15-13/h1-11H,(H,14,15)/b8-4+,9-5+. The van der Waals surface area contributed by atoms with Gasteiger partial charge in [0.15, 0.2) is 0 Å². The molecule has 0 aliphatic rings. The Bertz CT molecular complexity index is 439. The number of benzene rings is 1. The van der Waals surface area contributed by atoms with Crippen LogP contribution in [0.2, 0.25) is 0 Å². The van der Waals surface area contributed by atoms with Crippen LogP contribution < -0.4 is 0 Å². The smallest absolute Gasteiger partial charge is 0.0577 e. The van der Waals surface area contributed by atoms with Crippen molar-refractivity contribution in [3.05, 3.63) is 66.0 Å². The van der Waals surface area contributed by atoms with Crippen LogP contribution in [0.4, 0.5) is 0 Å². The number of nitrogens with zero attached hydrogens (tertiary/aromatic N) is 1. The van der Waals surface area contributed by atoms with E-state index in [1.165, 1.54) is 5.56 Å². The molecule has 0 unspecified atom stereocenters. The van der Waals surface area contributed by atoms with Gasteiger partial charge in [-0.2, -0.15) is 5.10 Å². The van der Waals surface area contributed by atoms with Crippen LogP contribution in [-0.2, 0) is 0 Å². The second-order valence-electron chi connectivity index (χ2n) is 3.14. The Morgan fingerprint density at radius 2 is 1.73 bits per heavy atom. The second-order valence-corrected chi connectivity index (χ2v) is 3.14. The van der Waals surface area contributed by atoms with Crippen LogP contribution in [0.5, 0.6) is 0 Å². The number of H-pyrrole nitrogens is 1. The first-order valence-corrected chi connectivity index (χ1v) is 4.84. The Balaban J connectivity index is 1.96. The van der Waals surface area contributed by atoms with Gasteiger partial charge >= 0.3 is 0 Å². The maximum absolute atomic E-state index is 3.86. The third-order valence-electron chi connectivity index (χ3n) is 2.00. The maximum atomic E-state index is 3.86. The van der Waals surface area contributed by atoms with Crippen molar-refractivity contribution in [1.29, 1.82) is 0 Å². The molecule has 0 saturated heterocycles. The molecule has 2 rings (SSSR count). The Morgan fingerprint density at radius 3 is 2.47 bits per heavy atom. The molecule has 0 amide bonds. The van der Waals surface area contributed by atoms with E-state index in [2.05, 4.69) is 28.4 Å². The Morgan fingerprint density at radius 1 is 0.933 bits per heavy atom. The van der Waals surface area contributed by atoms with Gasteiger partial charge in [0.25, 0.3) is 0 Å². The largest absolute Gasteiger partial charge is 0.278 e. The highest BCUT2D eigenvalue weighted by molar-refractivity contribution is 5.55. The highest BCUT2D eigenvalue weighted by atomic mass is 15.1. The van der Waals surface area contributed by atoms with Crippen LogP contribution in [-0.4, -0.2) is 10.2 Å². The molecule has 1 aromatic carbocycles. The lowest BCUT2D eigenvalue weighted by molar-refractivity contribution is 1.08. The lowest BCUT2D eigenvalue weighted by Gasteiger charge is -1.88. The van der Waals surface area contributed by atoms with Gasteiger partial charge in [0, 0.05) is 6.20 Å². The van der Waals surface area contributed by atoms with Crippen LogP contribution in [0.25, 0.3) is 12.2 Å². The van der Waals surface area contributed by atoms with Crippen molar-refractivity contribution in [3.8, 4) is 0 Å². The van der Waals surface area contributed by atoms with E-state index in [0.29, 0.717) is 0 Å². The molecule has 1 aromatic heterocycles. The van der Waals surface area contributed by atoms with E-state index in [1.807, 2.05) is 42.5 Å². The minimum absolute atomic E-state index is 1.01. The van der Waals surface area contributed by atoms with Gasteiger partial charge in [-0.3, -0.25) is 5.10 Å². The van der Waals surface area contributed by atoms with E-state index in [-0.39, 0.29) is 0 Å². The SMILES string of the molecule is C(/C=C/c1ccn[nH]1)=C\c1ccccc1. The quantitative estimate of drug-likeness (QED) is 0.750. The molecule has 1 N–H and O–H groups in total. The molecule has 0 aliphatic heterocycles. The zero-order valence-corrected chi connectivity index (χ0v) is 8.30. The number of rotatable bonds is 3. The van der Waals surface area contributed by atoms with Gasteiger partial charge in [0.05, 0.1) is 5.69 Å². The average molecular weight is 196 g/mol. The van der Waals surface area contributed by atoms with Crippen molar-refractivity contribution in [1.82, 2.24) is 10.2 Å². The summed E-state index contributed by atoms with van der Waals surface area (Å²) in [5, 5.41) is 6.72. The number of hydrogen-bond donors (Lipinski definition) is 1. The maximum Gasteiger partial charge on any atom is 0.0577 e. The van der Waals surface area contributed by atoms with E-state index in [1.54, 1.807) is 6.20 Å². The Hall–Kier alpha value is -2.09. The molecule has 0 aliphatic carbocycles. The van der Waals surface area contributed by atoms with Crippen molar-refractivity contribution in [2.45, 2.75) is 0 Å². The van der Waals surface area contributed by atoms with Crippen molar-refractivity contribution in [3.63, 3.8) is 0 Å². The summed E-state index contributed by atoms with van der Waals surface area (Å²) in [6, 6.07) is 12.1. The summed E-state index contributed by atoms with van der Waals surface area (Å²) in [4.78, 5) is 0. The van der Waals surface area contributed by atoms with E-state index < -0.39 is 0 Å². The minimum atomic E-state index is 1.01. The van der Waals surface area contributed by atoms with Crippen LogP contribution in [0, 0.1) is 0 Å². The molecule has 2 aromatic rings. The zero-order valence-electron chi connectivity index (χ0n) is 8.30. The molecule has 15 heavy (non-hydrogen) atoms. The second kappa shape index (κ2) is 4.96. The van der Waals surface area contributed by atoms with Gasteiger partial charge in [-0.1, -0.05) is 48.6 Å². The number of aromatic amines is 1. The summed E-state index contributed by atoms with van der Waals surface area (Å²) in [5.74, 6) is 0. The van der Waals surface area contributed by atoms with Gasteiger partial charge in [-0.15, -0.1) is 0 Å². The topological polar surface area (TPSA) is 28.7 Å². The van der Waals surface area contributed by atoms with E-state index in [4.69, 9.17) is 0 Å². The fraction of sp³-hybridized carbons (Fsp3) is 0. The van der Waals surface area contributed by atoms with Gasteiger partial charge < -0.3 is 0 Å². The Labute approximate surface area is 89.0 Å². The number of nitrogens with one attached hydrogen (secondary N) is 1. The Kier molecular flexibility index (Phi) is 3.13. The van der Waals surface area contributed by atoms with E-state index >= 15 is 0 Å². The molecular weight excluding hydrogens is 184 g/mol. The highest BCUT2D eigenvalue weighted by Gasteiger charge is 1.83. The molecule has 0 saturated carbocycles. The molecule has 0 atom stereocenters. The summed E-state index contributed by atoms with van der Waals surface area (Å²) < 4.78 is 0. The lowest BCUT2D eigenvalue weighted by Crippen LogP contribution is -1.69. The molecule has 0 bridgehead atoms. The third-order valence-corrected chi connectivity index (χ3v) is 2.00. The number of aromatic nitrogens is 2. The summed E-state index contributed by atoms with van der Waals surface area (Å²) in [5.41, 5.74) is 2.21. The molecule has 0 spiro atoms. The first-order chi connectivity index (χ1) is 7.45. The lowest BCUT2D eigenvalue weighted by atomic mass is 10.2. The molecule has 74 valence electrons. The minimum Gasteiger partial charge on any atom is -0.278 e. The summed E-state index contributed by atoms with van der Waals surface area (Å²) in [6.45, 7) is 0. The highest BCUT2D eigenvalue weighted by Crippen LogP contribution is 2.02. The van der Waals surface area contributed by atoms with Gasteiger partial charge in [0.1, 0.15) is 0 Å². The third kappa shape index (κ3) is 2.95. The van der Waals surface area contributed by atoms with Crippen LogP contribution >= 0.6 is 0 Å². The van der Waals surface area contributed by atoms with Crippen molar-refractivity contribution in [2.24, 2.45) is 0 Å². The van der Waals surface area contributed by atoms with Crippen molar-refractivity contribution >= 4 is 12.2 Å². The van der Waals surface area contributed by atoms with Crippen LogP contribution in [0.15, 0.2) is 54.7 Å². The molecule has 1 heterocycles. The summed E-state index contributed by atoms with van der Waals surface area (Å²) in [7, 11) is 0.